The number of aryl methyl sites for hydroxylation is 1. The Morgan fingerprint density at radius 2 is 2.10 bits per heavy atom. The lowest BCUT2D eigenvalue weighted by Crippen LogP contribution is -2.62. The SMILES string of the molecule is C=CC[C@H]1O[C@@H]2COC(C)(C)O[C@@H]2[C@H](n2cc(-c3cc(F)c(C)cc3F)nn2)[C@H]1OC. The van der Waals surface area contributed by atoms with Gasteiger partial charge in [-0.05, 0) is 44.9 Å². The fraction of sp³-hybridized carbons (Fsp3) is 0.545. The molecule has 7 nitrogen and oxygen atoms in total. The average molecular weight is 435 g/mol. The first-order valence-corrected chi connectivity index (χ1v) is 10.2. The summed E-state index contributed by atoms with van der Waals surface area (Å²) in [6.45, 7) is 9.32. The largest absolute Gasteiger partial charge is 0.376 e. The lowest BCUT2D eigenvalue weighted by atomic mass is 9.90. The maximum absolute atomic E-state index is 14.5. The fourth-order valence-electron chi connectivity index (χ4n) is 4.27. The molecule has 1 aromatic carbocycles. The van der Waals surface area contributed by atoms with Crippen molar-refractivity contribution in [2.75, 3.05) is 13.7 Å². The highest BCUT2D eigenvalue weighted by Gasteiger charge is 2.52. The van der Waals surface area contributed by atoms with Crippen molar-refractivity contribution in [3.63, 3.8) is 0 Å². The molecule has 4 rings (SSSR count). The molecule has 5 atom stereocenters. The minimum Gasteiger partial charge on any atom is -0.376 e. The number of nitrogens with zero attached hydrogens (tertiary/aromatic N) is 3. The first-order valence-electron chi connectivity index (χ1n) is 10.2. The van der Waals surface area contributed by atoms with Gasteiger partial charge in [-0.3, -0.25) is 0 Å². The first-order chi connectivity index (χ1) is 14.7. The minimum atomic E-state index is -0.818. The maximum Gasteiger partial charge on any atom is 0.163 e. The molecule has 0 unspecified atom stereocenters. The Bertz CT molecular complexity index is 964. The van der Waals surface area contributed by atoms with Crippen LogP contribution < -0.4 is 0 Å². The summed E-state index contributed by atoms with van der Waals surface area (Å²) in [6.07, 6.45) is 2.38. The van der Waals surface area contributed by atoms with Crippen LogP contribution in [0, 0.1) is 18.6 Å². The van der Waals surface area contributed by atoms with Crippen LogP contribution in [0.1, 0.15) is 31.9 Å². The smallest absolute Gasteiger partial charge is 0.163 e. The summed E-state index contributed by atoms with van der Waals surface area (Å²) < 4.78 is 54.1. The Labute approximate surface area is 179 Å². The fourth-order valence-corrected chi connectivity index (χ4v) is 4.27. The molecule has 0 bridgehead atoms. The number of hydrogen-bond donors (Lipinski definition) is 0. The molecular formula is C22H27F2N3O4. The minimum absolute atomic E-state index is 0.0443. The van der Waals surface area contributed by atoms with Crippen molar-refractivity contribution >= 4 is 0 Å². The Balaban J connectivity index is 1.74. The van der Waals surface area contributed by atoms with Crippen LogP contribution >= 0.6 is 0 Å². The quantitative estimate of drug-likeness (QED) is 0.669. The van der Waals surface area contributed by atoms with Gasteiger partial charge in [-0.15, -0.1) is 11.7 Å². The van der Waals surface area contributed by atoms with Crippen LogP contribution in [-0.2, 0) is 18.9 Å². The third kappa shape index (κ3) is 4.15. The Kier molecular flexibility index (Phi) is 5.95. The summed E-state index contributed by atoms with van der Waals surface area (Å²) in [6, 6.07) is 1.86. The third-order valence-electron chi connectivity index (χ3n) is 5.78. The molecule has 2 aromatic rings. The zero-order valence-electron chi connectivity index (χ0n) is 18.0. The van der Waals surface area contributed by atoms with Gasteiger partial charge >= 0.3 is 0 Å². The highest BCUT2D eigenvalue weighted by Crippen LogP contribution is 2.40. The van der Waals surface area contributed by atoms with Crippen LogP contribution in [0.2, 0.25) is 0 Å². The van der Waals surface area contributed by atoms with E-state index in [1.54, 1.807) is 24.1 Å². The second-order valence-corrected chi connectivity index (χ2v) is 8.39. The predicted molar refractivity (Wildman–Crippen MR) is 108 cm³/mol. The van der Waals surface area contributed by atoms with Gasteiger partial charge in [-0.2, -0.15) is 0 Å². The number of methoxy groups -OCH3 is 1. The second-order valence-electron chi connectivity index (χ2n) is 8.39. The van der Waals surface area contributed by atoms with Crippen molar-refractivity contribution in [3.8, 4) is 11.3 Å². The number of halogens is 2. The standard InChI is InChI=1S/C22H27F2N3O4/c1-6-7-17-20(28-5)19(21-18(30-17)11-29-22(3,4)31-21)27-10-16(25-26-27)13-9-14(23)12(2)8-15(13)24/h6,8-10,17-21H,1,7,11H2,2-5H3/t17-,18-,19-,20+,21+/m1/s1. The summed E-state index contributed by atoms with van der Waals surface area (Å²) in [7, 11) is 1.59. The lowest BCUT2D eigenvalue weighted by molar-refractivity contribution is -0.349. The second kappa shape index (κ2) is 8.38. The molecule has 2 aliphatic heterocycles. The lowest BCUT2D eigenvalue weighted by Gasteiger charge is -2.51. The molecule has 2 aliphatic rings. The van der Waals surface area contributed by atoms with Crippen LogP contribution in [0.5, 0.6) is 0 Å². The van der Waals surface area contributed by atoms with Crippen molar-refractivity contribution in [1.29, 1.82) is 0 Å². The Morgan fingerprint density at radius 1 is 1.32 bits per heavy atom. The normalized spacial score (nSPS) is 30.1. The molecule has 0 saturated carbocycles. The van der Waals surface area contributed by atoms with E-state index in [4.69, 9.17) is 18.9 Å². The van der Waals surface area contributed by atoms with E-state index in [1.165, 1.54) is 6.92 Å². The Morgan fingerprint density at radius 3 is 2.81 bits per heavy atom. The van der Waals surface area contributed by atoms with Crippen molar-refractivity contribution in [1.82, 2.24) is 15.0 Å². The summed E-state index contributed by atoms with van der Waals surface area (Å²) in [5.41, 5.74) is 0.495. The van der Waals surface area contributed by atoms with Crippen LogP contribution in [0.15, 0.2) is 31.0 Å². The Hall–Kier alpha value is -2.20. The zero-order valence-corrected chi connectivity index (χ0v) is 18.0. The summed E-state index contributed by atoms with van der Waals surface area (Å²) in [5, 5.41) is 8.35. The molecule has 2 saturated heterocycles. The number of hydrogen-bond acceptors (Lipinski definition) is 6. The molecule has 1 aromatic heterocycles. The first kappa shape index (κ1) is 22.0. The van der Waals surface area contributed by atoms with Crippen LogP contribution in [0.4, 0.5) is 8.78 Å². The van der Waals surface area contributed by atoms with Gasteiger partial charge < -0.3 is 18.9 Å². The molecule has 0 amide bonds. The van der Waals surface area contributed by atoms with Crippen LogP contribution in [-0.4, -0.2) is 58.9 Å². The molecular weight excluding hydrogens is 408 g/mol. The van der Waals surface area contributed by atoms with E-state index < -0.39 is 35.7 Å². The van der Waals surface area contributed by atoms with Gasteiger partial charge in [0.25, 0.3) is 0 Å². The van der Waals surface area contributed by atoms with Crippen molar-refractivity contribution in [3.05, 3.63) is 48.2 Å². The molecule has 3 heterocycles. The van der Waals surface area contributed by atoms with Crippen LogP contribution in [0.25, 0.3) is 11.3 Å². The molecule has 0 radical (unpaired) electrons. The molecule has 9 heteroatoms. The number of rotatable bonds is 5. The van der Waals surface area contributed by atoms with E-state index >= 15 is 0 Å². The number of fused-ring (bicyclic) bond motifs is 1. The topological polar surface area (TPSA) is 67.6 Å². The van der Waals surface area contributed by atoms with Gasteiger partial charge in [0.1, 0.15) is 41.7 Å². The highest BCUT2D eigenvalue weighted by molar-refractivity contribution is 5.59. The van der Waals surface area contributed by atoms with Gasteiger partial charge in [-0.25, -0.2) is 13.5 Å². The van der Waals surface area contributed by atoms with Crippen molar-refractivity contribution < 1.29 is 27.7 Å². The van der Waals surface area contributed by atoms with Crippen LogP contribution in [0.3, 0.4) is 0 Å². The predicted octanol–water partition coefficient (Wildman–Crippen LogP) is 3.58. The van der Waals surface area contributed by atoms with Gasteiger partial charge in [0, 0.05) is 12.7 Å². The molecule has 168 valence electrons. The van der Waals surface area contributed by atoms with Gasteiger partial charge in [0.15, 0.2) is 5.79 Å². The number of aromatic nitrogens is 3. The van der Waals surface area contributed by atoms with E-state index in [-0.39, 0.29) is 29.0 Å². The molecule has 2 fully saturated rings. The summed E-state index contributed by atoms with van der Waals surface area (Å²) >= 11 is 0. The third-order valence-corrected chi connectivity index (χ3v) is 5.78. The molecule has 0 spiro atoms. The number of ether oxygens (including phenoxy) is 4. The van der Waals surface area contributed by atoms with Crippen molar-refractivity contribution in [2.45, 2.75) is 63.4 Å². The molecule has 31 heavy (non-hydrogen) atoms. The van der Waals surface area contributed by atoms with E-state index in [0.29, 0.717) is 13.0 Å². The van der Waals surface area contributed by atoms with E-state index in [2.05, 4.69) is 16.9 Å². The van der Waals surface area contributed by atoms with Gasteiger partial charge in [-0.1, -0.05) is 11.3 Å². The van der Waals surface area contributed by atoms with E-state index in [1.807, 2.05) is 13.8 Å². The van der Waals surface area contributed by atoms with Gasteiger partial charge in [0.05, 0.1) is 18.9 Å². The average Bonchev–Trinajstić information content (AvgIpc) is 3.19. The number of benzene rings is 1. The summed E-state index contributed by atoms with van der Waals surface area (Å²) in [4.78, 5) is 0. The van der Waals surface area contributed by atoms with Crippen molar-refractivity contribution in [2.24, 2.45) is 0 Å². The monoisotopic (exact) mass is 435 g/mol. The zero-order chi connectivity index (χ0) is 22.3. The summed E-state index contributed by atoms with van der Waals surface area (Å²) in [5.74, 6) is -1.89. The van der Waals surface area contributed by atoms with Gasteiger partial charge in [0.2, 0.25) is 0 Å². The van der Waals surface area contributed by atoms with E-state index in [0.717, 1.165) is 12.1 Å². The molecule has 0 aliphatic carbocycles. The van der Waals surface area contributed by atoms with E-state index in [9.17, 15) is 8.78 Å². The maximum atomic E-state index is 14.5. The molecule has 0 N–H and O–H groups in total. The highest BCUT2D eigenvalue weighted by atomic mass is 19.1.